The minimum Gasteiger partial charge on any atom is -0.399 e. The van der Waals surface area contributed by atoms with E-state index in [-0.39, 0.29) is 0 Å². The average molecular weight is 249 g/mol. The second-order valence-electron chi connectivity index (χ2n) is 2.30. The van der Waals surface area contributed by atoms with Crippen molar-refractivity contribution < 1.29 is 4.21 Å². The largest absolute Gasteiger partial charge is 0.399 e. The molecule has 1 atom stereocenters. The lowest BCUT2D eigenvalue weighted by atomic mass is 10.3. The molecule has 0 aliphatic heterocycles. The summed E-state index contributed by atoms with van der Waals surface area (Å²) >= 11 is 3.31. The van der Waals surface area contributed by atoms with Gasteiger partial charge in [-0.1, -0.05) is 0 Å². The number of hydrogen-bond donors (Lipinski definition) is 2. The van der Waals surface area contributed by atoms with Crippen molar-refractivity contribution >= 4 is 38.3 Å². The third-order valence-corrected chi connectivity index (χ3v) is 2.44. The summed E-state index contributed by atoms with van der Waals surface area (Å²) in [6.45, 7) is 0. The minimum atomic E-state index is -1.07. The number of nitrogens with two attached hydrogens (primary N) is 1. The Morgan fingerprint density at radius 1 is 1.58 bits per heavy atom. The van der Waals surface area contributed by atoms with Gasteiger partial charge < -0.3 is 10.5 Å². The Morgan fingerprint density at radius 3 is 2.83 bits per heavy atom. The van der Waals surface area contributed by atoms with Crippen LogP contribution in [0.3, 0.4) is 0 Å². The Hall–Kier alpha value is -0.550. The Bertz CT molecular complexity index is 316. The molecule has 1 unspecified atom stereocenters. The summed E-state index contributed by atoms with van der Waals surface area (Å²) in [5.74, 6) is 0. The highest BCUT2D eigenvalue weighted by Crippen LogP contribution is 2.24. The molecule has 0 aromatic heterocycles. The molecule has 1 rings (SSSR count). The molecule has 0 amide bonds. The smallest absolute Gasteiger partial charge is 0.113 e. The number of benzene rings is 1. The molecule has 12 heavy (non-hydrogen) atoms. The fourth-order valence-electron chi connectivity index (χ4n) is 0.776. The van der Waals surface area contributed by atoms with Gasteiger partial charge in [0.1, 0.15) is 11.0 Å². The molecule has 0 saturated carbocycles. The van der Waals surface area contributed by atoms with E-state index in [1.807, 2.05) is 6.07 Å². The number of hydrogen-bond acceptors (Lipinski definition) is 2. The summed E-state index contributed by atoms with van der Waals surface area (Å²) in [6, 6.07) is 5.31. The number of rotatable bonds is 2. The van der Waals surface area contributed by atoms with Crippen molar-refractivity contribution in [2.45, 2.75) is 0 Å². The van der Waals surface area contributed by atoms with Gasteiger partial charge in [-0.15, -0.1) is 0 Å². The van der Waals surface area contributed by atoms with Gasteiger partial charge in [0.15, 0.2) is 0 Å². The Morgan fingerprint density at radius 2 is 2.25 bits per heavy atom. The van der Waals surface area contributed by atoms with Crippen molar-refractivity contribution in [1.29, 1.82) is 0 Å². The number of nitrogen functional groups attached to an aromatic ring is 1. The molecule has 0 aliphatic carbocycles. The van der Waals surface area contributed by atoms with Gasteiger partial charge in [0.05, 0.1) is 5.69 Å². The lowest BCUT2D eigenvalue weighted by Gasteiger charge is -2.05. The van der Waals surface area contributed by atoms with Crippen LogP contribution in [0.25, 0.3) is 0 Å². The third kappa shape index (κ3) is 2.49. The SMILES string of the molecule is CS(=O)Nc1cc(N)ccc1Br. The van der Waals surface area contributed by atoms with Crippen LogP contribution < -0.4 is 10.5 Å². The van der Waals surface area contributed by atoms with Crippen LogP contribution in [0.5, 0.6) is 0 Å². The Balaban J connectivity index is 2.97. The van der Waals surface area contributed by atoms with Gasteiger partial charge >= 0.3 is 0 Å². The Kier molecular flexibility index (Phi) is 3.11. The third-order valence-electron chi connectivity index (χ3n) is 1.24. The van der Waals surface area contributed by atoms with Gasteiger partial charge in [-0.25, -0.2) is 4.21 Å². The van der Waals surface area contributed by atoms with E-state index in [0.717, 1.165) is 10.2 Å². The first-order valence-corrected chi connectivity index (χ1v) is 5.60. The second-order valence-corrected chi connectivity index (χ2v) is 4.26. The predicted molar refractivity (Wildman–Crippen MR) is 56.2 cm³/mol. The van der Waals surface area contributed by atoms with Crippen LogP contribution in [0.4, 0.5) is 11.4 Å². The summed E-state index contributed by atoms with van der Waals surface area (Å²) in [4.78, 5) is 0. The maximum atomic E-state index is 10.8. The first kappa shape index (κ1) is 9.54. The topological polar surface area (TPSA) is 55.1 Å². The van der Waals surface area contributed by atoms with Crippen molar-refractivity contribution in [3.8, 4) is 0 Å². The average Bonchev–Trinajstić information content (AvgIpc) is 1.96. The normalized spacial score (nSPS) is 12.5. The summed E-state index contributed by atoms with van der Waals surface area (Å²) in [7, 11) is -1.07. The molecule has 66 valence electrons. The zero-order valence-electron chi connectivity index (χ0n) is 6.50. The molecular weight excluding hydrogens is 240 g/mol. The van der Waals surface area contributed by atoms with Crippen LogP contribution in [-0.4, -0.2) is 10.5 Å². The van der Waals surface area contributed by atoms with Crippen LogP contribution in [0.2, 0.25) is 0 Å². The lowest BCUT2D eigenvalue weighted by molar-refractivity contribution is 0.690. The van der Waals surface area contributed by atoms with Crippen molar-refractivity contribution in [1.82, 2.24) is 0 Å². The standard InChI is InChI=1S/C7H9BrN2OS/c1-12(11)10-7-4-5(9)2-3-6(7)8/h2-4,10H,9H2,1H3. The number of anilines is 2. The maximum absolute atomic E-state index is 10.8. The molecule has 0 radical (unpaired) electrons. The van der Waals surface area contributed by atoms with Crippen LogP contribution in [0, 0.1) is 0 Å². The van der Waals surface area contributed by atoms with E-state index in [4.69, 9.17) is 5.73 Å². The van der Waals surface area contributed by atoms with E-state index >= 15 is 0 Å². The molecule has 3 nitrogen and oxygen atoms in total. The van der Waals surface area contributed by atoms with E-state index in [9.17, 15) is 4.21 Å². The molecule has 0 spiro atoms. The molecule has 0 bridgehead atoms. The summed E-state index contributed by atoms with van der Waals surface area (Å²) < 4.78 is 14.4. The van der Waals surface area contributed by atoms with Crippen LogP contribution >= 0.6 is 15.9 Å². The number of halogens is 1. The van der Waals surface area contributed by atoms with Crippen LogP contribution in [0.15, 0.2) is 22.7 Å². The fourth-order valence-corrected chi connectivity index (χ4v) is 1.73. The van der Waals surface area contributed by atoms with Crippen molar-refractivity contribution in [2.75, 3.05) is 16.7 Å². The lowest BCUT2D eigenvalue weighted by Crippen LogP contribution is -2.02. The monoisotopic (exact) mass is 248 g/mol. The first-order chi connectivity index (χ1) is 5.59. The van der Waals surface area contributed by atoms with Crippen molar-refractivity contribution in [3.05, 3.63) is 22.7 Å². The molecule has 1 aromatic rings. The highest BCUT2D eigenvalue weighted by atomic mass is 79.9. The first-order valence-electron chi connectivity index (χ1n) is 3.24. The zero-order chi connectivity index (χ0) is 9.14. The summed E-state index contributed by atoms with van der Waals surface area (Å²) in [5.41, 5.74) is 6.93. The Labute approximate surface area is 82.1 Å². The quantitative estimate of drug-likeness (QED) is 0.784. The minimum absolute atomic E-state index is 0.645. The van der Waals surface area contributed by atoms with E-state index in [0.29, 0.717) is 5.69 Å². The summed E-state index contributed by atoms with van der Waals surface area (Å²) in [6.07, 6.45) is 1.57. The predicted octanol–water partition coefficient (Wildman–Crippen LogP) is 1.74. The molecule has 0 saturated heterocycles. The van der Waals surface area contributed by atoms with E-state index in [1.54, 1.807) is 18.4 Å². The fraction of sp³-hybridized carbons (Fsp3) is 0.143. The summed E-state index contributed by atoms with van der Waals surface area (Å²) in [5, 5.41) is 0. The molecule has 0 aliphatic rings. The maximum Gasteiger partial charge on any atom is 0.113 e. The highest BCUT2D eigenvalue weighted by Gasteiger charge is 2.00. The van der Waals surface area contributed by atoms with Gasteiger partial charge in [0, 0.05) is 16.4 Å². The van der Waals surface area contributed by atoms with E-state index in [2.05, 4.69) is 20.7 Å². The van der Waals surface area contributed by atoms with Gasteiger partial charge in [0.2, 0.25) is 0 Å². The molecular formula is C7H9BrN2OS. The van der Waals surface area contributed by atoms with Gasteiger partial charge in [-0.2, -0.15) is 0 Å². The second kappa shape index (κ2) is 3.91. The molecule has 3 N–H and O–H groups in total. The van der Waals surface area contributed by atoms with E-state index < -0.39 is 11.0 Å². The van der Waals surface area contributed by atoms with Gasteiger partial charge in [0.25, 0.3) is 0 Å². The van der Waals surface area contributed by atoms with Crippen molar-refractivity contribution in [3.63, 3.8) is 0 Å². The molecule has 0 heterocycles. The van der Waals surface area contributed by atoms with Gasteiger partial charge in [-0.05, 0) is 34.1 Å². The molecule has 0 fully saturated rings. The van der Waals surface area contributed by atoms with Crippen molar-refractivity contribution in [2.24, 2.45) is 0 Å². The highest BCUT2D eigenvalue weighted by molar-refractivity contribution is 9.10. The van der Waals surface area contributed by atoms with Crippen LogP contribution in [-0.2, 0) is 11.0 Å². The molecule has 1 aromatic carbocycles. The van der Waals surface area contributed by atoms with E-state index in [1.165, 1.54) is 0 Å². The number of nitrogens with one attached hydrogen (secondary N) is 1. The molecule has 5 heteroatoms. The zero-order valence-corrected chi connectivity index (χ0v) is 8.91. The van der Waals surface area contributed by atoms with Crippen LogP contribution in [0.1, 0.15) is 0 Å². The van der Waals surface area contributed by atoms with Gasteiger partial charge in [-0.3, -0.25) is 0 Å².